The normalized spacial score (nSPS) is 22.5. The van der Waals surface area contributed by atoms with Crippen molar-refractivity contribution >= 4 is 23.5 Å². The van der Waals surface area contributed by atoms with Crippen LogP contribution >= 0.6 is 11.8 Å². The van der Waals surface area contributed by atoms with Crippen LogP contribution in [-0.4, -0.2) is 16.9 Å². The third kappa shape index (κ3) is 2.73. The third-order valence-electron chi connectivity index (χ3n) is 1.97. The number of allylic oxidation sites excluding steroid dienone is 3. The molecule has 76 valence electrons. The molecule has 3 nitrogen and oxygen atoms in total. The van der Waals surface area contributed by atoms with Crippen molar-refractivity contribution in [1.82, 2.24) is 0 Å². The maximum Gasteiger partial charge on any atom is 0.307 e. The molecule has 1 unspecified atom stereocenters. The second-order valence-electron chi connectivity index (χ2n) is 3.05. The van der Waals surface area contributed by atoms with Crippen LogP contribution in [0.25, 0.3) is 0 Å². The van der Waals surface area contributed by atoms with Crippen LogP contribution in [0.15, 0.2) is 22.5 Å². The fourth-order valence-corrected chi connectivity index (χ4v) is 1.90. The number of aliphatic carboxylic acids is 1. The van der Waals surface area contributed by atoms with Gasteiger partial charge in [0.15, 0.2) is 5.78 Å². The summed E-state index contributed by atoms with van der Waals surface area (Å²) in [6.45, 7) is 1.88. The van der Waals surface area contributed by atoms with Crippen molar-refractivity contribution in [3.8, 4) is 0 Å². The molecule has 0 aliphatic heterocycles. The first kappa shape index (κ1) is 11.0. The first-order chi connectivity index (χ1) is 6.65. The Morgan fingerprint density at radius 3 is 2.93 bits per heavy atom. The number of rotatable bonds is 3. The number of carboxylic acid groups (broad SMARTS) is 1. The minimum atomic E-state index is -0.885. The van der Waals surface area contributed by atoms with Crippen molar-refractivity contribution in [1.29, 1.82) is 0 Å². The summed E-state index contributed by atoms with van der Waals surface area (Å²) in [5.74, 6) is -1.48. The summed E-state index contributed by atoms with van der Waals surface area (Å²) in [4.78, 5) is 22.7. The molecular formula is C10H12O3S. The van der Waals surface area contributed by atoms with E-state index < -0.39 is 11.9 Å². The van der Waals surface area contributed by atoms with Crippen LogP contribution in [-0.2, 0) is 9.59 Å². The van der Waals surface area contributed by atoms with Gasteiger partial charge in [0.1, 0.15) is 0 Å². The van der Waals surface area contributed by atoms with Crippen molar-refractivity contribution in [2.24, 2.45) is 5.92 Å². The van der Waals surface area contributed by atoms with E-state index >= 15 is 0 Å². The second-order valence-corrected chi connectivity index (χ2v) is 4.00. The summed E-state index contributed by atoms with van der Waals surface area (Å²) in [7, 11) is 0. The average molecular weight is 212 g/mol. The lowest BCUT2D eigenvalue weighted by molar-refractivity contribution is -0.143. The van der Waals surface area contributed by atoms with Gasteiger partial charge in [-0.2, -0.15) is 0 Å². The number of carbonyl (C=O) groups is 2. The molecule has 0 saturated carbocycles. The largest absolute Gasteiger partial charge is 0.481 e. The van der Waals surface area contributed by atoms with Crippen LogP contribution in [0.2, 0.25) is 0 Å². The highest BCUT2D eigenvalue weighted by molar-refractivity contribution is 8.06. The SMILES string of the molecule is C/C=C\SC1=CCC(C(=O)O)CC1=O. The average Bonchev–Trinajstić information content (AvgIpc) is 2.15. The molecule has 1 rings (SSSR count). The summed E-state index contributed by atoms with van der Waals surface area (Å²) >= 11 is 1.36. The first-order valence-corrected chi connectivity index (χ1v) is 5.27. The lowest BCUT2D eigenvalue weighted by Gasteiger charge is -2.15. The Bertz CT molecular complexity index is 304. The van der Waals surface area contributed by atoms with Gasteiger partial charge < -0.3 is 5.11 Å². The molecule has 0 radical (unpaired) electrons. The van der Waals surface area contributed by atoms with Crippen molar-refractivity contribution < 1.29 is 14.7 Å². The molecule has 0 amide bonds. The number of carboxylic acids is 1. The molecule has 0 fully saturated rings. The molecule has 1 aliphatic rings. The van der Waals surface area contributed by atoms with Gasteiger partial charge in [0.25, 0.3) is 0 Å². The van der Waals surface area contributed by atoms with Crippen LogP contribution in [0, 0.1) is 5.92 Å². The minimum Gasteiger partial charge on any atom is -0.481 e. The number of carbonyl (C=O) groups excluding carboxylic acids is 1. The molecule has 1 atom stereocenters. The zero-order valence-corrected chi connectivity index (χ0v) is 8.71. The lowest BCUT2D eigenvalue weighted by Crippen LogP contribution is -2.21. The van der Waals surface area contributed by atoms with Crippen LogP contribution in [0.4, 0.5) is 0 Å². The first-order valence-electron chi connectivity index (χ1n) is 4.39. The standard InChI is InChI=1S/C10H12O3S/c1-2-5-14-9-4-3-7(10(12)13)6-8(9)11/h2,4-5,7H,3,6H2,1H3,(H,12,13)/b5-2-. The van der Waals surface area contributed by atoms with Crippen LogP contribution in [0.3, 0.4) is 0 Å². The second kappa shape index (κ2) is 5.00. The van der Waals surface area contributed by atoms with Crippen LogP contribution < -0.4 is 0 Å². The molecule has 0 spiro atoms. The van der Waals surface area contributed by atoms with E-state index in [4.69, 9.17) is 5.11 Å². The maximum absolute atomic E-state index is 11.4. The van der Waals surface area contributed by atoms with Gasteiger partial charge in [-0.15, -0.1) is 0 Å². The molecule has 0 bridgehead atoms. The number of Topliss-reactive ketones (excluding diaryl/α,β-unsaturated/α-hetero) is 1. The summed E-state index contributed by atoms with van der Waals surface area (Å²) in [6, 6.07) is 0. The molecular weight excluding hydrogens is 200 g/mol. The number of hydrogen-bond acceptors (Lipinski definition) is 3. The molecule has 0 saturated heterocycles. The van der Waals surface area contributed by atoms with E-state index in [1.54, 1.807) is 6.08 Å². The predicted octanol–water partition coefficient (Wildman–Crippen LogP) is 2.20. The smallest absolute Gasteiger partial charge is 0.307 e. The van der Waals surface area contributed by atoms with Crippen molar-refractivity contribution in [2.45, 2.75) is 19.8 Å². The Morgan fingerprint density at radius 1 is 1.71 bits per heavy atom. The molecule has 1 N–H and O–H groups in total. The van der Waals surface area contributed by atoms with E-state index in [9.17, 15) is 9.59 Å². The molecule has 0 aromatic heterocycles. The van der Waals surface area contributed by atoms with Crippen LogP contribution in [0.5, 0.6) is 0 Å². The summed E-state index contributed by atoms with van der Waals surface area (Å²) in [5, 5.41) is 10.5. The lowest BCUT2D eigenvalue weighted by atomic mass is 9.94. The summed E-state index contributed by atoms with van der Waals surface area (Å²) in [6.07, 6.45) is 4.16. The van der Waals surface area contributed by atoms with Crippen molar-refractivity contribution in [3.05, 3.63) is 22.5 Å². The van der Waals surface area contributed by atoms with Gasteiger partial charge in [0, 0.05) is 6.42 Å². The van der Waals surface area contributed by atoms with E-state index in [1.807, 2.05) is 18.4 Å². The Hall–Kier alpha value is -1.03. The van der Waals surface area contributed by atoms with Crippen molar-refractivity contribution in [2.75, 3.05) is 0 Å². The zero-order chi connectivity index (χ0) is 10.6. The van der Waals surface area contributed by atoms with E-state index in [0.29, 0.717) is 11.3 Å². The van der Waals surface area contributed by atoms with E-state index in [-0.39, 0.29) is 12.2 Å². The highest BCUT2D eigenvalue weighted by Crippen LogP contribution is 2.28. The van der Waals surface area contributed by atoms with Crippen LogP contribution in [0.1, 0.15) is 19.8 Å². The predicted molar refractivity (Wildman–Crippen MR) is 55.9 cm³/mol. The van der Waals surface area contributed by atoms with Gasteiger partial charge in [0.05, 0.1) is 10.8 Å². The van der Waals surface area contributed by atoms with Gasteiger partial charge in [-0.25, -0.2) is 0 Å². The maximum atomic E-state index is 11.4. The number of thioether (sulfide) groups is 1. The summed E-state index contributed by atoms with van der Waals surface area (Å²) in [5.41, 5.74) is 0. The monoisotopic (exact) mass is 212 g/mol. The highest BCUT2D eigenvalue weighted by atomic mass is 32.2. The number of ketones is 1. The Kier molecular flexibility index (Phi) is 3.95. The number of hydrogen-bond donors (Lipinski definition) is 1. The van der Waals surface area contributed by atoms with Gasteiger partial charge >= 0.3 is 5.97 Å². The topological polar surface area (TPSA) is 54.4 Å². The molecule has 4 heteroatoms. The Labute approximate surface area is 86.9 Å². The zero-order valence-electron chi connectivity index (χ0n) is 7.90. The fourth-order valence-electron chi connectivity index (χ4n) is 1.21. The van der Waals surface area contributed by atoms with Gasteiger partial charge in [-0.1, -0.05) is 23.9 Å². The third-order valence-corrected chi connectivity index (χ3v) is 3.03. The Morgan fingerprint density at radius 2 is 2.43 bits per heavy atom. The van der Waals surface area contributed by atoms with E-state index in [1.165, 1.54) is 11.8 Å². The molecule has 0 heterocycles. The van der Waals surface area contributed by atoms with Gasteiger partial charge in [-0.05, 0) is 18.8 Å². The quantitative estimate of drug-likeness (QED) is 0.779. The molecule has 0 aromatic rings. The molecule has 14 heavy (non-hydrogen) atoms. The minimum absolute atomic E-state index is 0.0632. The Balaban J connectivity index is 2.64. The van der Waals surface area contributed by atoms with Crippen molar-refractivity contribution in [3.63, 3.8) is 0 Å². The fraction of sp³-hybridized carbons (Fsp3) is 0.400. The molecule has 0 aromatic carbocycles. The highest BCUT2D eigenvalue weighted by Gasteiger charge is 2.26. The van der Waals surface area contributed by atoms with E-state index in [2.05, 4.69) is 0 Å². The summed E-state index contributed by atoms with van der Waals surface area (Å²) < 4.78 is 0. The molecule has 1 aliphatic carbocycles. The van der Waals surface area contributed by atoms with Gasteiger partial charge in [-0.3, -0.25) is 9.59 Å². The van der Waals surface area contributed by atoms with E-state index in [0.717, 1.165) is 0 Å². The van der Waals surface area contributed by atoms with Gasteiger partial charge in [0.2, 0.25) is 0 Å².